The second kappa shape index (κ2) is 6.66. The summed E-state index contributed by atoms with van der Waals surface area (Å²) in [5, 5.41) is 3.48. The maximum absolute atomic E-state index is 11.4. The zero-order valence-corrected chi connectivity index (χ0v) is 13.8. The first-order valence-electron chi connectivity index (χ1n) is 7.42. The summed E-state index contributed by atoms with van der Waals surface area (Å²) in [6, 6.07) is 8.43. The lowest BCUT2D eigenvalue weighted by atomic mass is 10.0. The number of nitrogens with zero attached hydrogens (tertiary/aromatic N) is 1. The molecule has 1 aliphatic rings. The normalized spacial score (nSPS) is 17.9. The molecule has 6 heteroatoms. The van der Waals surface area contributed by atoms with Crippen molar-refractivity contribution in [2.75, 3.05) is 29.4 Å². The monoisotopic (exact) mass is 311 g/mol. The van der Waals surface area contributed by atoms with Crippen molar-refractivity contribution in [1.82, 2.24) is 4.90 Å². The number of hydrogen-bond donors (Lipinski definition) is 2. The van der Waals surface area contributed by atoms with Crippen LogP contribution in [0.4, 0.5) is 11.4 Å². The molecule has 1 saturated heterocycles. The third-order valence-electron chi connectivity index (χ3n) is 3.84. The van der Waals surface area contributed by atoms with Crippen LogP contribution in [0.3, 0.4) is 0 Å². The van der Waals surface area contributed by atoms with Gasteiger partial charge in [-0.1, -0.05) is 12.1 Å². The van der Waals surface area contributed by atoms with Gasteiger partial charge in [-0.3, -0.25) is 4.72 Å². The van der Waals surface area contributed by atoms with E-state index in [-0.39, 0.29) is 0 Å². The van der Waals surface area contributed by atoms with Gasteiger partial charge in [0, 0.05) is 25.2 Å². The van der Waals surface area contributed by atoms with Gasteiger partial charge in [0.25, 0.3) is 0 Å². The Morgan fingerprint density at radius 2 is 1.71 bits per heavy atom. The number of likely N-dealkylation sites (tertiary alicyclic amines) is 1. The molecule has 1 heterocycles. The van der Waals surface area contributed by atoms with Gasteiger partial charge in [-0.2, -0.15) is 0 Å². The van der Waals surface area contributed by atoms with Crippen molar-refractivity contribution in [3.63, 3.8) is 0 Å². The number of anilines is 2. The Morgan fingerprint density at radius 3 is 2.24 bits per heavy atom. The lowest BCUT2D eigenvalue weighted by Crippen LogP contribution is -2.42. The van der Waals surface area contributed by atoms with Crippen molar-refractivity contribution < 1.29 is 8.42 Å². The van der Waals surface area contributed by atoms with Crippen LogP contribution < -0.4 is 10.0 Å². The highest BCUT2D eigenvalue weighted by Gasteiger charge is 2.21. The number of sulfonamides is 1. The molecule has 1 fully saturated rings. The quantitative estimate of drug-likeness (QED) is 0.876. The van der Waals surface area contributed by atoms with Crippen molar-refractivity contribution >= 4 is 21.4 Å². The highest BCUT2D eigenvalue weighted by atomic mass is 32.2. The summed E-state index contributed by atoms with van der Waals surface area (Å²) in [5.41, 5.74) is 1.47. The minimum Gasteiger partial charge on any atom is -0.381 e. The Balaban J connectivity index is 2.01. The van der Waals surface area contributed by atoms with Crippen molar-refractivity contribution in [3.05, 3.63) is 24.3 Å². The molecule has 0 saturated carbocycles. The fourth-order valence-electron chi connectivity index (χ4n) is 2.68. The minimum absolute atomic E-state index is 0.391. The van der Waals surface area contributed by atoms with Crippen LogP contribution in [0.2, 0.25) is 0 Å². The summed E-state index contributed by atoms with van der Waals surface area (Å²) >= 11 is 0. The van der Waals surface area contributed by atoms with Crippen LogP contribution >= 0.6 is 0 Å². The highest BCUT2D eigenvalue weighted by Crippen LogP contribution is 2.25. The number of hydrogen-bond acceptors (Lipinski definition) is 4. The van der Waals surface area contributed by atoms with E-state index in [0.29, 0.717) is 17.8 Å². The fraction of sp³-hybridized carbons (Fsp3) is 0.600. The second-order valence-electron chi connectivity index (χ2n) is 5.97. The van der Waals surface area contributed by atoms with Crippen molar-refractivity contribution in [2.24, 2.45) is 0 Å². The lowest BCUT2D eigenvalue weighted by molar-refractivity contribution is 0.177. The van der Waals surface area contributed by atoms with Crippen molar-refractivity contribution in [3.8, 4) is 0 Å². The van der Waals surface area contributed by atoms with Crippen LogP contribution in [0.1, 0.15) is 26.7 Å². The Kier molecular flexibility index (Phi) is 5.11. The van der Waals surface area contributed by atoms with Crippen LogP contribution in [-0.4, -0.2) is 44.7 Å². The molecule has 21 heavy (non-hydrogen) atoms. The molecule has 0 radical (unpaired) electrons. The van der Waals surface area contributed by atoms with E-state index in [2.05, 4.69) is 28.8 Å². The van der Waals surface area contributed by atoms with E-state index in [0.717, 1.165) is 31.6 Å². The zero-order valence-electron chi connectivity index (χ0n) is 13.0. The Hall–Kier alpha value is -1.27. The van der Waals surface area contributed by atoms with Gasteiger partial charge in [-0.25, -0.2) is 8.42 Å². The maximum atomic E-state index is 11.4. The lowest BCUT2D eigenvalue weighted by Gasteiger charge is -2.35. The van der Waals surface area contributed by atoms with Crippen LogP contribution in [0.25, 0.3) is 0 Å². The van der Waals surface area contributed by atoms with Gasteiger partial charge in [0.15, 0.2) is 0 Å². The van der Waals surface area contributed by atoms with Gasteiger partial charge in [0.1, 0.15) is 0 Å². The van der Waals surface area contributed by atoms with E-state index in [1.54, 1.807) is 6.07 Å². The fourth-order valence-corrected chi connectivity index (χ4v) is 3.26. The van der Waals surface area contributed by atoms with Crippen LogP contribution in [0, 0.1) is 0 Å². The van der Waals surface area contributed by atoms with Gasteiger partial charge in [-0.05, 0) is 38.8 Å². The molecule has 1 aromatic rings. The zero-order chi connectivity index (χ0) is 15.5. The van der Waals surface area contributed by atoms with Gasteiger partial charge in [-0.15, -0.1) is 0 Å². The molecule has 1 aliphatic heterocycles. The third kappa shape index (κ3) is 4.89. The molecule has 0 atom stereocenters. The average Bonchev–Trinajstić information content (AvgIpc) is 2.40. The minimum atomic E-state index is -3.26. The molecule has 0 unspecified atom stereocenters. The molecule has 2 N–H and O–H groups in total. The second-order valence-corrected chi connectivity index (χ2v) is 7.72. The molecule has 0 spiro atoms. The third-order valence-corrected chi connectivity index (χ3v) is 4.43. The number of benzene rings is 1. The summed E-state index contributed by atoms with van der Waals surface area (Å²) in [6.45, 7) is 6.60. The summed E-state index contributed by atoms with van der Waals surface area (Å²) in [5.74, 6) is 0. The largest absolute Gasteiger partial charge is 0.381 e. The first kappa shape index (κ1) is 16.1. The summed E-state index contributed by atoms with van der Waals surface area (Å²) in [4.78, 5) is 2.47. The number of piperidine rings is 1. The molecule has 0 aliphatic carbocycles. The van der Waals surface area contributed by atoms with Gasteiger partial charge in [0.05, 0.1) is 17.6 Å². The van der Waals surface area contributed by atoms with Crippen LogP contribution in [0.15, 0.2) is 24.3 Å². The summed E-state index contributed by atoms with van der Waals surface area (Å²) in [7, 11) is -3.26. The van der Waals surface area contributed by atoms with Gasteiger partial charge >= 0.3 is 0 Å². The molecule has 0 aromatic heterocycles. The van der Waals surface area contributed by atoms with Crippen LogP contribution in [0.5, 0.6) is 0 Å². The van der Waals surface area contributed by atoms with Gasteiger partial charge in [0.2, 0.25) is 10.0 Å². The first-order valence-corrected chi connectivity index (χ1v) is 9.31. The van der Waals surface area contributed by atoms with Crippen molar-refractivity contribution in [2.45, 2.75) is 38.8 Å². The number of para-hydroxylation sites is 2. The average molecular weight is 311 g/mol. The van der Waals surface area contributed by atoms with E-state index >= 15 is 0 Å². The SMILES string of the molecule is CC(C)N1CCC(Nc2ccccc2NS(C)(=O)=O)CC1. The summed E-state index contributed by atoms with van der Waals surface area (Å²) < 4.78 is 25.4. The smallest absolute Gasteiger partial charge is 0.229 e. The standard InChI is InChI=1S/C15H25N3O2S/c1-12(2)18-10-8-13(9-11-18)16-14-6-4-5-7-15(14)17-21(3,19)20/h4-7,12-13,16-17H,8-11H2,1-3H3. The molecule has 0 bridgehead atoms. The Bertz CT molecular complexity index is 564. The predicted octanol–water partition coefficient (Wildman–Crippen LogP) is 2.34. The Morgan fingerprint density at radius 1 is 1.14 bits per heavy atom. The molecule has 0 amide bonds. The molecule has 118 valence electrons. The molecule has 2 rings (SSSR count). The molecule has 1 aromatic carbocycles. The highest BCUT2D eigenvalue weighted by molar-refractivity contribution is 7.92. The van der Waals surface area contributed by atoms with E-state index in [1.165, 1.54) is 6.26 Å². The number of rotatable bonds is 5. The van der Waals surface area contributed by atoms with E-state index in [1.807, 2.05) is 18.2 Å². The predicted molar refractivity (Wildman–Crippen MR) is 88.3 cm³/mol. The maximum Gasteiger partial charge on any atom is 0.229 e. The van der Waals surface area contributed by atoms with Crippen LogP contribution in [-0.2, 0) is 10.0 Å². The number of nitrogens with one attached hydrogen (secondary N) is 2. The summed E-state index contributed by atoms with van der Waals surface area (Å²) in [6.07, 6.45) is 3.32. The first-order chi connectivity index (χ1) is 9.85. The van der Waals surface area contributed by atoms with Gasteiger partial charge < -0.3 is 10.2 Å². The Labute approximate surface area is 127 Å². The van der Waals surface area contributed by atoms with E-state index in [4.69, 9.17) is 0 Å². The molecular weight excluding hydrogens is 286 g/mol. The van der Waals surface area contributed by atoms with Crippen molar-refractivity contribution in [1.29, 1.82) is 0 Å². The molecule has 5 nitrogen and oxygen atoms in total. The van der Waals surface area contributed by atoms with E-state index < -0.39 is 10.0 Å². The molecular formula is C15H25N3O2S. The van der Waals surface area contributed by atoms with E-state index in [9.17, 15) is 8.42 Å². The topological polar surface area (TPSA) is 61.4 Å².